The van der Waals surface area contributed by atoms with Crippen LogP contribution in [0.25, 0.3) is 0 Å². The van der Waals surface area contributed by atoms with Crippen molar-refractivity contribution in [2.75, 3.05) is 7.11 Å². The molecule has 0 heterocycles. The minimum absolute atomic E-state index is 0.0533. The van der Waals surface area contributed by atoms with E-state index >= 15 is 0 Å². The average molecular weight is 291 g/mol. The van der Waals surface area contributed by atoms with Gasteiger partial charge in [0, 0.05) is 6.54 Å². The Balaban J connectivity index is 2.03. The van der Waals surface area contributed by atoms with Gasteiger partial charge in [0.05, 0.1) is 13.7 Å². The molecule has 0 saturated heterocycles. The third kappa shape index (κ3) is 3.83. The first-order chi connectivity index (χ1) is 10.1. The van der Waals surface area contributed by atoms with Gasteiger partial charge in [0.25, 0.3) is 0 Å². The largest absolute Gasteiger partial charge is 0.468 e. The molecule has 2 N–H and O–H groups in total. The van der Waals surface area contributed by atoms with Crippen molar-refractivity contribution in [3.8, 4) is 0 Å². The number of carbonyl (C=O) groups excluding carboxylic acids is 1. The van der Waals surface area contributed by atoms with E-state index in [0.29, 0.717) is 12.5 Å². The maximum absolute atomic E-state index is 12.2. The molecule has 1 aliphatic rings. The van der Waals surface area contributed by atoms with Crippen molar-refractivity contribution >= 4 is 5.97 Å². The van der Waals surface area contributed by atoms with Gasteiger partial charge in [-0.25, -0.2) is 0 Å². The van der Waals surface area contributed by atoms with E-state index in [-0.39, 0.29) is 12.6 Å². The molecular weight excluding hydrogens is 266 g/mol. The zero-order valence-corrected chi connectivity index (χ0v) is 12.9. The summed E-state index contributed by atoms with van der Waals surface area (Å²) < 4.78 is 5.02. The van der Waals surface area contributed by atoms with Gasteiger partial charge in [0.1, 0.15) is 5.54 Å². The number of rotatable bonds is 5. The Labute approximate surface area is 126 Å². The summed E-state index contributed by atoms with van der Waals surface area (Å²) in [7, 11) is 1.46. The lowest BCUT2D eigenvalue weighted by Gasteiger charge is -2.37. The van der Waals surface area contributed by atoms with Crippen LogP contribution in [-0.4, -0.2) is 23.7 Å². The van der Waals surface area contributed by atoms with Gasteiger partial charge in [-0.3, -0.25) is 10.1 Å². The number of carbonyl (C=O) groups is 1. The summed E-state index contributed by atoms with van der Waals surface area (Å²) in [5.41, 5.74) is 1.46. The summed E-state index contributed by atoms with van der Waals surface area (Å²) in [5.74, 6) is 0.523. The summed E-state index contributed by atoms with van der Waals surface area (Å²) in [6.07, 6.45) is 3.75. The lowest BCUT2D eigenvalue weighted by Crippen LogP contribution is -2.54. The molecule has 116 valence electrons. The second kappa shape index (κ2) is 7.05. The van der Waals surface area contributed by atoms with E-state index in [0.717, 1.165) is 36.8 Å². The number of aliphatic hydroxyl groups is 1. The monoisotopic (exact) mass is 291 g/mol. The topological polar surface area (TPSA) is 58.6 Å². The Kier molecular flexibility index (Phi) is 5.37. The van der Waals surface area contributed by atoms with Crippen molar-refractivity contribution in [2.24, 2.45) is 5.92 Å². The predicted octanol–water partition coefficient (Wildman–Crippen LogP) is 2.39. The van der Waals surface area contributed by atoms with Gasteiger partial charge in [0.2, 0.25) is 0 Å². The normalized spacial score (nSPS) is 25.6. The second-order valence-electron chi connectivity index (χ2n) is 6.08. The van der Waals surface area contributed by atoms with Crippen molar-refractivity contribution in [3.63, 3.8) is 0 Å². The van der Waals surface area contributed by atoms with Gasteiger partial charge >= 0.3 is 5.97 Å². The van der Waals surface area contributed by atoms with E-state index in [1.165, 1.54) is 7.11 Å². The quantitative estimate of drug-likeness (QED) is 0.818. The third-order valence-corrected chi connectivity index (χ3v) is 4.54. The van der Waals surface area contributed by atoms with Crippen LogP contribution in [0.1, 0.15) is 43.7 Å². The van der Waals surface area contributed by atoms with Crippen molar-refractivity contribution in [1.82, 2.24) is 5.32 Å². The molecule has 1 aromatic carbocycles. The van der Waals surface area contributed by atoms with Gasteiger partial charge in [-0.15, -0.1) is 0 Å². The first-order valence-electron chi connectivity index (χ1n) is 7.62. The highest BCUT2D eigenvalue weighted by Crippen LogP contribution is 2.33. The highest BCUT2D eigenvalue weighted by Gasteiger charge is 2.41. The van der Waals surface area contributed by atoms with E-state index in [2.05, 4.69) is 12.2 Å². The summed E-state index contributed by atoms with van der Waals surface area (Å²) in [6.45, 7) is 2.92. The van der Waals surface area contributed by atoms with Gasteiger partial charge < -0.3 is 9.84 Å². The Bertz CT molecular complexity index is 461. The Morgan fingerprint density at radius 2 is 1.86 bits per heavy atom. The van der Waals surface area contributed by atoms with E-state index < -0.39 is 5.54 Å². The Morgan fingerprint density at radius 1 is 1.29 bits per heavy atom. The molecule has 0 aromatic heterocycles. The number of hydrogen-bond donors (Lipinski definition) is 2. The van der Waals surface area contributed by atoms with Crippen LogP contribution in [0.2, 0.25) is 0 Å². The number of nitrogens with one attached hydrogen (secondary N) is 1. The third-order valence-electron chi connectivity index (χ3n) is 4.54. The summed E-state index contributed by atoms with van der Waals surface area (Å²) in [4.78, 5) is 12.2. The zero-order valence-electron chi connectivity index (χ0n) is 12.9. The lowest BCUT2D eigenvalue weighted by molar-refractivity contribution is -0.150. The SMILES string of the molecule is COC(=O)C1(NCc2ccc(CO)cc2)CCC(C)CC1. The number of esters is 1. The minimum Gasteiger partial charge on any atom is -0.468 e. The van der Waals surface area contributed by atoms with E-state index in [9.17, 15) is 4.79 Å². The molecule has 4 nitrogen and oxygen atoms in total. The van der Waals surface area contributed by atoms with Crippen LogP contribution in [0.4, 0.5) is 0 Å². The lowest BCUT2D eigenvalue weighted by atomic mass is 9.77. The molecule has 21 heavy (non-hydrogen) atoms. The maximum atomic E-state index is 12.2. The second-order valence-corrected chi connectivity index (χ2v) is 6.08. The smallest absolute Gasteiger partial charge is 0.326 e. The molecule has 2 rings (SSSR count). The fourth-order valence-electron chi connectivity index (χ4n) is 2.94. The maximum Gasteiger partial charge on any atom is 0.326 e. The number of benzene rings is 1. The Hall–Kier alpha value is -1.39. The average Bonchev–Trinajstić information content (AvgIpc) is 2.54. The first kappa shape index (κ1) is 16.0. The van der Waals surface area contributed by atoms with Gasteiger partial charge in [-0.05, 0) is 42.7 Å². The van der Waals surface area contributed by atoms with Crippen LogP contribution in [-0.2, 0) is 22.7 Å². The highest BCUT2D eigenvalue weighted by molar-refractivity contribution is 5.80. The summed E-state index contributed by atoms with van der Waals surface area (Å²) in [6, 6.07) is 7.78. The minimum atomic E-state index is -0.545. The van der Waals surface area contributed by atoms with Gasteiger partial charge in [0.15, 0.2) is 0 Å². The predicted molar refractivity (Wildman–Crippen MR) is 81.6 cm³/mol. The zero-order chi connectivity index (χ0) is 15.3. The van der Waals surface area contributed by atoms with Crippen molar-refractivity contribution in [2.45, 2.75) is 51.3 Å². The molecule has 1 fully saturated rings. The number of methoxy groups -OCH3 is 1. The van der Waals surface area contributed by atoms with E-state index in [1.54, 1.807) is 0 Å². The summed E-state index contributed by atoms with van der Waals surface area (Å²) in [5, 5.41) is 12.5. The fourth-order valence-corrected chi connectivity index (χ4v) is 2.94. The molecule has 4 heteroatoms. The number of ether oxygens (including phenoxy) is 1. The molecule has 1 aromatic rings. The molecule has 0 radical (unpaired) electrons. The standard InChI is InChI=1S/C17H25NO3/c1-13-7-9-17(10-8-13,16(20)21-2)18-11-14-3-5-15(12-19)6-4-14/h3-6,13,18-19H,7-12H2,1-2H3. The molecule has 0 aliphatic heterocycles. The van der Waals surface area contributed by atoms with Gasteiger partial charge in [-0.1, -0.05) is 31.2 Å². The van der Waals surface area contributed by atoms with Crippen molar-refractivity contribution in [1.29, 1.82) is 0 Å². The summed E-state index contributed by atoms with van der Waals surface area (Å²) >= 11 is 0. The van der Waals surface area contributed by atoms with Crippen LogP contribution in [0.3, 0.4) is 0 Å². The first-order valence-corrected chi connectivity index (χ1v) is 7.62. The molecule has 0 bridgehead atoms. The molecule has 0 atom stereocenters. The molecule has 0 amide bonds. The molecular formula is C17H25NO3. The van der Waals surface area contributed by atoms with E-state index in [1.807, 2.05) is 24.3 Å². The molecule has 0 spiro atoms. The van der Waals surface area contributed by atoms with Crippen LogP contribution >= 0.6 is 0 Å². The molecule has 1 saturated carbocycles. The van der Waals surface area contributed by atoms with Crippen molar-refractivity contribution in [3.05, 3.63) is 35.4 Å². The molecule has 1 aliphatic carbocycles. The van der Waals surface area contributed by atoms with E-state index in [4.69, 9.17) is 9.84 Å². The number of hydrogen-bond acceptors (Lipinski definition) is 4. The van der Waals surface area contributed by atoms with Crippen molar-refractivity contribution < 1.29 is 14.6 Å². The van der Waals surface area contributed by atoms with Crippen LogP contribution in [0.5, 0.6) is 0 Å². The molecule has 0 unspecified atom stereocenters. The van der Waals surface area contributed by atoms with Crippen LogP contribution < -0.4 is 5.32 Å². The fraction of sp³-hybridized carbons (Fsp3) is 0.588. The Morgan fingerprint density at radius 3 is 2.38 bits per heavy atom. The van der Waals surface area contributed by atoms with Gasteiger partial charge in [-0.2, -0.15) is 0 Å². The number of aliphatic hydroxyl groups excluding tert-OH is 1. The van der Waals surface area contributed by atoms with Crippen LogP contribution in [0.15, 0.2) is 24.3 Å². The highest BCUT2D eigenvalue weighted by atomic mass is 16.5. The van der Waals surface area contributed by atoms with Crippen LogP contribution in [0, 0.1) is 5.92 Å².